The Labute approximate surface area is 87.7 Å². The first kappa shape index (κ1) is 11.5. The second-order valence-electron chi connectivity index (χ2n) is 3.33. The van der Waals surface area contributed by atoms with E-state index in [0.29, 0.717) is 17.9 Å². The number of imide groups is 1. The van der Waals surface area contributed by atoms with Gasteiger partial charge in [0, 0.05) is 0 Å². The number of carbonyl (C=O) groups is 2. The minimum Gasteiger partial charge on any atom is -0.391 e. The predicted octanol–water partition coefficient (Wildman–Crippen LogP) is 0.249. The van der Waals surface area contributed by atoms with Crippen molar-refractivity contribution in [3.05, 3.63) is 0 Å². The molecule has 0 aromatic rings. The van der Waals surface area contributed by atoms with E-state index in [2.05, 4.69) is 0 Å². The lowest BCUT2D eigenvalue weighted by Crippen LogP contribution is -2.46. The summed E-state index contributed by atoms with van der Waals surface area (Å²) in [5.74, 6) is 0.345. The summed E-state index contributed by atoms with van der Waals surface area (Å²) in [6.45, 7) is 2.12. The van der Waals surface area contributed by atoms with Crippen molar-refractivity contribution in [2.45, 2.75) is 25.9 Å². The van der Waals surface area contributed by atoms with Crippen LogP contribution in [0.4, 0.5) is 0 Å². The number of nitrogens with zero attached hydrogens (tertiary/aromatic N) is 1. The number of thioether (sulfide) groups is 1. The van der Waals surface area contributed by atoms with Gasteiger partial charge in [-0.05, 0) is 6.42 Å². The molecule has 5 heteroatoms. The quantitative estimate of drug-likeness (QED) is 0.686. The van der Waals surface area contributed by atoms with Crippen molar-refractivity contribution in [1.29, 1.82) is 0 Å². The van der Waals surface area contributed by atoms with Crippen molar-refractivity contribution in [3.8, 4) is 0 Å². The average Bonchev–Trinajstić information content (AvgIpc) is 2.12. The number of hydrogen-bond donors (Lipinski definition) is 1. The molecule has 0 aromatic carbocycles. The molecule has 80 valence electrons. The number of carbonyl (C=O) groups excluding carboxylic acids is 2. The van der Waals surface area contributed by atoms with Crippen molar-refractivity contribution >= 4 is 23.6 Å². The van der Waals surface area contributed by atoms with Crippen LogP contribution in [0, 0.1) is 0 Å². The van der Waals surface area contributed by atoms with Crippen molar-refractivity contribution in [2.24, 2.45) is 0 Å². The van der Waals surface area contributed by atoms with Gasteiger partial charge in [0.25, 0.3) is 0 Å². The van der Waals surface area contributed by atoms with E-state index in [1.807, 2.05) is 6.92 Å². The molecule has 0 bridgehead atoms. The average molecular weight is 217 g/mol. The van der Waals surface area contributed by atoms with E-state index in [4.69, 9.17) is 0 Å². The van der Waals surface area contributed by atoms with Gasteiger partial charge in [-0.2, -0.15) is 0 Å². The highest BCUT2D eigenvalue weighted by atomic mass is 32.2. The van der Waals surface area contributed by atoms with Gasteiger partial charge in [-0.1, -0.05) is 13.3 Å². The predicted molar refractivity (Wildman–Crippen MR) is 55.0 cm³/mol. The number of aliphatic hydroxyl groups excluding tert-OH is 1. The number of aliphatic hydroxyl groups is 1. The number of rotatable bonds is 4. The minimum absolute atomic E-state index is 0.159. The third-order valence-electron chi connectivity index (χ3n) is 2.07. The van der Waals surface area contributed by atoms with E-state index in [9.17, 15) is 14.7 Å². The second-order valence-corrected chi connectivity index (χ2v) is 4.32. The first-order valence-electron chi connectivity index (χ1n) is 4.74. The van der Waals surface area contributed by atoms with Crippen LogP contribution in [0.25, 0.3) is 0 Å². The zero-order valence-electron chi connectivity index (χ0n) is 8.23. The van der Waals surface area contributed by atoms with Crippen LogP contribution >= 0.6 is 11.8 Å². The molecule has 0 spiro atoms. The Hall–Kier alpha value is -0.550. The second kappa shape index (κ2) is 5.36. The molecule has 0 aliphatic carbocycles. The van der Waals surface area contributed by atoms with Gasteiger partial charge in [-0.25, -0.2) is 0 Å². The number of hydrogen-bond acceptors (Lipinski definition) is 4. The summed E-state index contributed by atoms with van der Waals surface area (Å²) in [7, 11) is 0. The van der Waals surface area contributed by atoms with Gasteiger partial charge >= 0.3 is 0 Å². The van der Waals surface area contributed by atoms with Crippen LogP contribution in [0.2, 0.25) is 0 Å². The standard InChI is InChI=1S/C9H15NO3S/c1-2-3-7(11)4-10-8(12)5-14-6-9(10)13/h7,11H,2-6H2,1H3. The molecule has 0 radical (unpaired) electrons. The van der Waals surface area contributed by atoms with Gasteiger partial charge in [0.15, 0.2) is 0 Å². The molecule has 1 N–H and O–H groups in total. The number of β-amino-alcohol motifs (C(OH)–C–C–N with tert-alkyl or cyclic N) is 1. The van der Waals surface area contributed by atoms with Crippen LogP contribution in [0.1, 0.15) is 19.8 Å². The molecule has 0 aromatic heterocycles. The summed E-state index contributed by atoms with van der Waals surface area (Å²) in [6.07, 6.45) is 0.909. The zero-order chi connectivity index (χ0) is 10.6. The Morgan fingerprint density at radius 1 is 1.43 bits per heavy atom. The molecular formula is C9H15NO3S. The van der Waals surface area contributed by atoms with E-state index < -0.39 is 6.10 Å². The Morgan fingerprint density at radius 2 is 2.00 bits per heavy atom. The highest BCUT2D eigenvalue weighted by Crippen LogP contribution is 2.13. The van der Waals surface area contributed by atoms with E-state index in [-0.39, 0.29) is 18.4 Å². The van der Waals surface area contributed by atoms with Crippen molar-refractivity contribution in [2.75, 3.05) is 18.1 Å². The molecular weight excluding hydrogens is 202 g/mol. The maximum atomic E-state index is 11.3. The molecule has 1 saturated heterocycles. The normalized spacial score (nSPS) is 20.0. The van der Waals surface area contributed by atoms with Gasteiger partial charge in [0.2, 0.25) is 11.8 Å². The molecule has 1 atom stereocenters. The highest BCUT2D eigenvalue weighted by Gasteiger charge is 2.27. The maximum absolute atomic E-state index is 11.3. The molecule has 1 aliphatic heterocycles. The fourth-order valence-electron chi connectivity index (χ4n) is 1.36. The lowest BCUT2D eigenvalue weighted by Gasteiger charge is -2.26. The molecule has 1 heterocycles. The van der Waals surface area contributed by atoms with Gasteiger partial charge in [0.05, 0.1) is 24.2 Å². The van der Waals surface area contributed by atoms with Crippen LogP contribution in [0.3, 0.4) is 0 Å². The zero-order valence-corrected chi connectivity index (χ0v) is 9.05. The fraction of sp³-hybridized carbons (Fsp3) is 0.778. The van der Waals surface area contributed by atoms with Crippen LogP contribution in [-0.4, -0.2) is 46.0 Å². The Balaban J connectivity index is 2.47. The van der Waals surface area contributed by atoms with Crippen LogP contribution in [-0.2, 0) is 9.59 Å². The van der Waals surface area contributed by atoms with Gasteiger partial charge in [0.1, 0.15) is 0 Å². The van der Waals surface area contributed by atoms with Crippen molar-refractivity contribution in [3.63, 3.8) is 0 Å². The third-order valence-corrected chi connectivity index (χ3v) is 2.97. The van der Waals surface area contributed by atoms with Gasteiger partial charge in [-0.15, -0.1) is 11.8 Å². The van der Waals surface area contributed by atoms with Gasteiger partial charge < -0.3 is 5.11 Å². The first-order valence-corrected chi connectivity index (χ1v) is 5.89. The Morgan fingerprint density at radius 3 is 2.50 bits per heavy atom. The molecule has 2 amide bonds. The monoisotopic (exact) mass is 217 g/mol. The summed E-state index contributed by atoms with van der Waals surface area (Å²) >= 11 is 1.33. The van der Waals surface area contributed by atoms with E-state index in [1.165, 1.54) is 16.7 Å². The Bertz CT molecular complexity index is 216. The third kappa shape index (κ3) is 2.99. The molecule has 1 aliphatic rings. The lowest BCUT2D eigenvalue weighted by atomic mass is 10.2. The summed E-state index contributed by atoms with van der Waals surface area (Å²) in [5.41, 5.74) is 0. The summed E-state index contributed by atoms with van der Waals surface area (Å²) in [5, 5.41) is 9.48. The topological polar surface area (TPSA) is 57.6 Å². The van der Waals surface area contributed by atoms with Crippen molar-refractivity contribution < 1.29 is 14.7 Å². The maximum Gasteiger partial charge on any atom is 0.239 e. The molecule has 4 nitrogen and oxygen atoms in total. The minimum atomic E-state index is -0.573. The van der Waals surface area contributed by atoms with Crippen molar-refractivity contribution in [1.82, 2.24) is 4.90 Å². The van der Waals surface area contributed by atoms with E-state index in [1.54, 1.807) is 0 Å². The largest absolute Gasteiger partial charge is 0.391 e. The molecule has 0 saturated carbocycles. The fourth-order valence-corrected chi connectivity index (χ4v) is 2.12. The van der Waals surface area contributed by atoms with Crippen LogP contribution < -0.4 is 0 Å². The first-order chi connectivity index (χ1) is 6.65. The smallest absolute Gasteiger partial charge is 0.239 e. The molecule has 14 heavy (non-hydrogen) atoms. The van der Waals surface area contributed by atoms with E-state index >= 15 is 0 Å². The molecule has 1 rings (SSSR count). The molecule has 1 fully saturated rings. The van der Waals surface area contributed by atoms with Gasteiger partial charge in [-0.3, -0.25) is 14.5 Å². The van der Waals surface area contributed by atoms with Crippen LogP contribution in [0.15, 0.2) is 0 Å². The van der Waals surface area contributed by atoms with E-state index in [0.717, 1.165) is 6.42 Å². The molecule has 1 unspecified atom stereocenters. The summed E-state index contributed by atoms with van der Waals surface area (Å²) < 4.78 is 0. The SMILES string of the molecule is CCCC(O)CN1C(=O)CSCC1=O. The Kier molecular flexibility index (Phi) is 4.41. The van der Waals surface area contributed by atoms with Crippen LogP contribution in [0.5, 0.6) is 0 Å². The lowest BCUT2D eigenvalue weighted by molar-refractivity contribution is -0.143. The summed E-state index contributed by atoms with van der Waals surface area (Å²) in [6, 6.07) is 0. The summed E-state index contributed by atoms with van der Waals surface area (Å²) in [4.78, 5) is 23.8. The highest BCUT2D eigenvalue weighted by molar-refractivity contribution is 8.00. The number of amides is 2.